The largest absolute Gasteiger partial charge is 0.396 e. The van der Waals surface area contributed by atoms with E-state index in [0.717, 1.165) is 30.7 Å². The molecule has 0 aromatic carbocycles. The van der Waals surface area contributed by atoms with Gasteiger partial charge in [0.2, 0.25) is 5.95 Å². The van der Waals surface area contributed by atoms with Crippen molar-refractivity contribution in [3.63, 3.8) is 0 Å². The Morgan fingerprint density at radius 3 is 2.54 bits per heavy atom. The summed E-state index contributed by atoms with van der Waals surface area (Å²) < 4.78 is 0. The Kier molecular flexibility index (Phi) is 4.67. The predicted molar refractivity (Wildman–Crippen MR) is 98.2 cm³/mol. The first-order chi connectivity index (χ1) is 12.7. The van der Waals surface area contributed by atoms with Crippen LogP contribution in [0.2, 0.25) is 0 Å². The maximum Gasteiger partial charge on any atom is 0.229 e. The van der Waals surface area contributed by atoms with Crippen LogP contribution >= 0.6 is 0 Å². The van der Waals surface area contributed by atoms with E-state index >= 15 is 0 Å². The maximum atomic E-state index is 9.11. The lowest BCUT2D eigenvalue weighted by Crippen LogP contribution is -2.57. The minimum atomic E-state index is 0.0622. The Bertz CT molecular complexity index is 755. The van der Waals surface area contributed by atoms with Crippen molar-refractivity contribution >= 4 is 11.8 Å². The monoisotopic (exact) mass is 355 g/mol. The number of nitrogens with zero attached hydrogens (tertiary/aromatic N) is 7. The van der Waals surface area contributed by atoms with Gasteiger partial charge in [0.1, 0.15) is 23.8 Å². The van der Waals surface area contributed by atoms with E-state index in [1.54, 1.807) is 12.5 Å². The topological polar surface area (TPSA) is 91.2 Å². The van der Waals surface area contributed by atoms with Crippen molar-refractivity contribution in [2.75, 3.05) is 29.5 Å². The number of rotatable bonds is 5. The SMILES string of the molecule is C[C@@H]1CN(c2ccnc(CCO)n2)C[C@H](C)N1c1ncnc(C2CC2)n1. The minimum absolute atomic E-state index is 0.0622. The van der Waals surface area contributed by atoms with Crippen molar-refractivity contribution in [3.05, 3.63) is 30.2 Å². The summed E-state index contributed by atoms with van der Waals surface area (Å²) >= 11 is 0. The quantitative estimate of drug-likeness (QED) is 0.855. The molecule has 0 amide bonds. The lowest BCUT2D eigenvalue weighted by molar-refractivity contribution is 0.296. The highest BCUT2D eigenvalue weighted by molar-refractivity contribution is 5.44. The van der Waals surface area contributed by atoms with E-state index in [1.807, 2.05) is 6.07 Å². The van der Waals surface area contributed by atoms with E-state index in [0.29, 0.717) is 18.2 Å². The first-order valence-electron chi connectivity index (χ1n) is 9.30. The molecule has 138 valence electrons. The third kappa shape index (κ3) is 3.46. The number of anilines is 2. The molecule has 2 aromatic heterocycles. The summed E-state index contributed by atoms with van der Waals surface area (Å²) in [6.45, 7) is 6.12. The van der Waals surface area contributed by atoms with Crippen LogP contribution in [-0.4, -0.2) is 61.8 Å². The van der Waals surface area contributed by atoms with Gasteiger partial charge >= 0.3 is 0 Å². The molecule has 1 aliphatic heterocycles. The van der Waals surface area contributed by atoms with Crippen LogP contribution in [0, 0.1) is 0 Å². The molecule has 0 bridgehead atoms. The summed E-state index contributed by atoms with van der Waals surface area (Å²) in [5.74, 6) is 3.83. The molecule has 1 aliphatic carbocycles. The molecule has 2 aromatic rings. The van der Waals surface area contributed by atoms with Gasteiger partial charge < -0.3 is 14.9 Å². The van der Waals surface area contributed by atoms with Gasteiger partial charge in [-0.2, -0.15) is 4.98 Å². The highest BCUT2D eigenvalue weighted by Gasteiger charge is 2.33. The molecule has 1 N–H and O–H groups in total. The summed E-state index contributed by atoms with van der Waals surface area (Å²) in [6.07, 6.45) is 6.27. The zero-order valence-electron chi connectivity index (χ0n) is 15.3. The van der Waals surface area contributed by atoms with Crippen molar-refractivity contribution in [1.82, 2.24) is 24.9 Å². The molecule has 0 unspecified atom stereocenters. The molecule has 0 spiro atoms. The molecule has 1 saturated heterocycles. The average molecular weight is 355 g/mol. The molecular weight excluding hydrogens is 330 g/mol. The summed E-state index contributed by atoms with van der Waals surface area (Å²) in [6, 6.07) is 2.44. The minimum Gasteiger partial charge on any atom is -0.396 e. The molecule has 2 atom stereocenters. The molecule has 0 radical (unpaired) electrons. The normalized spacial score (nSPS) is 23.3. The van der Waals surface area contributed by atoms with E-state index in [9.17, 15) is 0 Å². The van der Waals surface area contributed by atoms with E-state index in [4.69, 9.17) is 10.1 Å². The predicted octanol–water partition coefficient (Wildman–Crippen LogP) is 1.18. The van der Waals surface area contributed by atoms with Crippen molar-refractivity contribution < 1.29 is 5.11 Å². The standard InChI is InChI=1S/C18H25N7O/c1-12-9-24(16-5-7-19-15(22-16)6-8-26)10-13(2)25(12)18-21-11-20-17(23-18)14-3-4-14/h5,7,11-14,26H,3-4,6,8-10H2,1-2H3/t12-,13+. The van der Waals surface area contributed by atoms with Crippen molar-refractivity contribution in [3.8, 4) is 0 Å². The van der Waals surface area contributed by atoms with Crippen molar-refractivity contribution in [2.45, 2.75) is 51.1 Å². The summed E-state index contributed by atoms with van der Waals surface area (Å²) in [7, 11) is 0. The maximum absolute atomic E-state index is 9.11. The highest BCUT2D eigenvalue weighted by atomic mass is 16.3. The molecule has 1 saturated carbocycles. The van der Waals surface area contributed by atoms with Crippen LogP contribution in [0.15, 0.2) is 18.6 Å². The summed E-state index contributed by atoms with van der Waals surface area (Å²) in [5.41, 5.74) is 0. The number of hydrogen-bond acceptors (Lipinski definition) is 8. The first kappa shape index (κ1) is 17.1. The molecular formula is C18H25N7O. The van der Waals surface area contributed by atoms with Gasteiger partial charge in [-0.1, -0.05) is 0 Å². The van der Waals surface area contributed by atoms with Crippen molar-refractivity contribution in [2.24, 2.45) is 0 Å². The lowest BCUT2D eigenvalue weighted by atomic mass is 10.1. The fourth-order valence-electron chi connectivity index (χ4n) is 3.65. The third-order valence-electron chi connectivity index (χ3n) is 5.02. The molecule has 8 nitrogen and oxygen atoms in total. The van der Waals surface area contributed by atoms with Crippen molar-refractivity contribution in [1.29, 1.82) is 0 Å². The van der Waals surface area contributed by atoms with E-state index in [-0.39, 0.29) is 18.7 Å². The number of aliphatic hydroxyl groups excluding tert-OH is 1. The zero-order chi connectivity index (χ0) is 18.1. The van der Waals surface area contributed by atoms with Crippen LogP contribution in [0.4, 0.5) is 11.8 Å². The number of aromatic nitrogens is 5. The van der Waals surface area contributed by atoms with Gasteiger partial charge in [-0.3, -0.25) is 0 Å². The molecule has 2 fully saturated rings. The van der Waals surface area contributed by atoms with Gasteiger partial charge in [-0.15, -0.1) is 0 Å². The highest BCUT2D eigenvalue weighted by Crippen LogP contribution is 2.38. The molecule has 3 heterocycles. The van der Waals surface area contributed by atoms with Gasteiger partial charge in [-0.25, -0.2) is 19.9 Å². The average Bonchev–Trinajstić information content (AvgIpc) is 3.47. The third-order valence-corrected chi connectivity index (χ3v) is 5.02. The van der Waals surface area contributed by atoms with Crippen LogP contribution in [0.3, 0.4) is 0 Å². The van der Waals surface area contributed by atoms with Gasteiger partial charge in [0.05, 0.1) is 6.61 Å². The first-order valence-corrected chi connectivity index (χ1v) is 9.30. The number of piperazine rings is 1. The lowest BCUT2D eigenvalue weighted by Gasteiger charge is -2.44. The van der Waals surface area contributed by atoms with E-state index < -0.39 is 0 Å². The molecule has 26 heavy (non-hydrogen) atoms. The van der Waals surface area contributed by atoms with E-state index in [2.05, 4.69) is 43.6 Å². The van der Waals surface area contributed by atoms with Gasteiger partial charge in [0.25, 0.3) is 0 Å². The second-order valence-corrected chi connectivity index (χ2v) is 7.23. The summed E-state index contributed by atoms with van der Waals surface area (Å²) in [5, 5.41) is 9.11. The van der Waals surface area contributed by atoms with Crippen LogP contribution < -0.4 is 9.80 Å². The van der Waals surface area contributed by atoms with Crippen LogP contribution in [0.25, 0.3) is 0 Å². The second kappa shape index (κ2) is 7.11. The zero-order valence-corrected chi connectivity index (χ0v) is 15.3. The fourth-order valence-corrected chi connectivity index (χ4v) is 3.65. The second-order valence-electron chi connectivity index (χ2n) is 7.23. The number of hydrogen-bond donors (Lipinski definition) is 1. The van der Waals surface area contributed by atoms with Gasteiger partial charge in [0.15, 0.2) is 0 Å². The number of aliphatic hydroxyl groups is 1. The Morgan fingerprint density at radius 2 is 1.85 bits per heavy atom. The Morgan fingerprint density at radius 1 is 1.08 bits per heavy atom. The van der Waals surface area contributed by atoms with Gasteiger partial charge in [-0.05, 0) is 32.8 Å². The Labute approximate surface area is 153 Å². The smallest absolute Gasteiger partial charge is 0.229 e. The van der Waals surface area contributed by atoms with Crippen LogP contribution in [-0.2, 0) is 6.42 Å². The van der Waals surface area contributed by atoms with E-state index in [1.165, 1.54) is 12.8 Å². The van der Waals surface area contributed by atoms with Crippen LogP contribution in [0.5, 0.6) is 0 Å². The fraction of sp³-hybridized carbons (Fsp3) is 0.611. The molecule has 2 aliphatic rings. The summed E-state index contributed by atoms with van der Waals surface area (Å²) in [4.78, 5) is 26.9. The van der Waals surface area contributed by atoms with Gasteiger partial charge in [0, 0.05) is 43.7 Å². The molecule has 4 rings (SSSR count). The van der Waals surface area contributed by atoms with Crippen LogP contribution in [0.1, 0.15) is 44.3 Å². The Balaban J connectivity index is 1.52. The molecule has 8 heteroatoms. The Hall–Kier alpha value is -2.35.